The summed E-state index contributed by atoms with van der Waals surface area (Å²) in [7, 11) is 0. The Kier molecular flexibility index (Phi) is 7.07. The lowest BCUT2D eigenvalue weighted by Gasteiger charge is -2.36. The number of hydrogen-bond acceptors (Lipinski definition) is 5. The molecule has 1 N–H and O–H groups in total. The number of nitrogens with zero attached hydrogens (tertiary/aromatic N) is 5. The van der Waals surface area contributed by atoms with Gasteiger partial charge in [0.1, 0.15) is 5.82 Å². The lowest BCUT2D eigenvalue weighted by molar-refractivity contribution is 0.0657. The average molecular weight is 425 g/mol. The summed E-state index contributed by atoms with van der Waals surface area (Å²) < 4.78 is 5.25. The van der Waals surface area contributed by atoms with Crippen LogP contribution in [-0.4, -0.2) is 72.5 Å². The predicted molar refractivity (Wildman–Crippen MR) is 121 cm³/mol. The highest BCUT2D eigenvalue weighted by Gasteiger charge is 2.25. The fourth-order valence-corrected chi connectivity index (χ4v) is 4.12. The topological polar surface area (TPSA) is 77.2 Å². The number of rotatable bonds is 5. The van der Waals surface area contributed by atoms with Gasteiger partial charge in [-0.15, -0.1) is 0 Å². The van der Waals surface area contributed by atoms with E-state index in [0.29, 0.717) is 25.4 Å². The maximum atomic E-state index is 12.5. The lowest BCUT2D eigenvalue weighted by atomic mass is 10.1. The van der Waals surface area contributed by atoms with E-state index >= 15 is 0 Å². The molecule has 0 aliphatic carbocycles. The Morgan fingerprint density at radius 1 is 1.10 bits per heavy atom. The summed E-state index contributed by atoms with van der Waals surface area (Å²) in [5, 5.41) is 3.40. The van der Waals surface area contributed by atoms with E-state index in [1.54, 1.807) is 12.1 Å². The first kappa shape index (κ1) is 21.2. The van der Waals surface area contributed by atoms with Crippen LogP contribution in [0, 0.1) is 0 Å². The van der Waals surface area contributed by atoms with Crippen LogP contribution in [0.3, 0.4) is 0 Å². The molecule has 0 atom stereocenters. The van der Waals surface area contributed by atoms with Gasteiger partial charge in [0, 0.05) is 52.0 Å². The van der Waals surface area contributed by atoms with Gasteiger partial charge in [-0.25, -0.2) is 9.98 Å². The number of furan rings is 1. The Morgan fingerprint density at radius 3 is 2.58 bits per heavy atom. The molecule has 2 saturated heterocycles. The number of anilines is 1. The van der Waals surface area contributed by atoms with Crippen LogP contribution in [0.25, 0.3) is 0 Å². The van der Waals surface area contributed by atoms with Crippen LogP contribution in [0.4, 0.5) is 5.82 Å². The molecule has 2 aliphatic rings. The van der Waals surface area contributed by atoms with Gasteiger partial charge in [-0.2, -0.15) is 0 Å². The van der Waals surface area contributed by atoms with Crippen molar-refractivity contribution in [3.63, 3.8) is 0 Å². The van der Waals surface area contributed by atoms with E-state index in [4.69, 9.17) is 9.41 Å². The highest BCUT2D eigenvalue weighted by atomic mass is 16.3. The molecule has 2 aromatic rings. The van der Waals surface area contributed by atoms with Crippen molar-refractivity contribution >= 4 is 17.7 Å². The van der Waals surface area contributed by atoms with Crippen LogP contribution in [0.2, 0.25) is 0 Å². The van der Waals surface area contributed by atoms with Crippen molar-refractivity contribution in [2.24, 2.45) is 4.99 Å². The van der Waals surface area contributed by atoms with Crippen molar-refractivity contribution in [3.05, 3.63) is 48.0 Å². The second-order valence-corrected chi connectivity index (χ2v) is 8.00. The molecule has 2 aromatic heterocycles. The zero-order valence-corrected chi connectivity index (χ0v) is 18.3. The molecule has 4 heterocycles. The van der Waals surface area contributed by atoms with Crippen LogP contribution >= 0.6 is 0 Å². The predicted octanol–water partition coefficient (Wildman–Crippen LogP) is 2.59. The highest BCUT2D eigenvalue weighted by molar-refractivity contribution is 5.91. The number of pyridine rings is 1. The molecule has 8 nitrogen and oxygen atoms in total. The SMILES string of the molecule is CCNC(=NCc1ccnc(N2CCCCC2)c1)N1CCN(C(=O)c2ccco2)CC1. The quantitative estimate of drug-likeness (QED) is 0.587. The van der Waals surface area contributed by atoms with Crippen molar-refractivity contribution in [2.45, 2.75) is 32.7 Å². The fraction of sp³-hybridized carbons (Fsp3) is 0.522. The summed E-state index contributed by atoms with van der Waals surface area (Å²) in [6, 6.07) is 7.67. The van der Waals surface area contributed by atoms with E-state index in [1.807, 2.05) is 17.2 Å². The molecule has 166 valence electrons. The Hall–Kier alpha value is -3.03. The number of piperazine rings is 1. The minimum atomic E-state index is -0.0476. The molecule has 4 rings (SSSR count). The number of aliphatic imine (C=N–C) groups is 1. The third-order valence-electron chi connectivity index (χ3n) is 5.83. The minimum absolute atomic E-state index is 0.0476. The van der Waals surface area contributed by atoms with Crippen molar-refractivity contribution in [3.8, 4) is 0 Å². The second kappa shape index (κ2) is 10.3. The summed E-state index contributed by atoms with van der Waals surface area (Å²) in [5.74, 6) is 2.30. The summed E-state index contributed by atoms with van der Waals surface area (Å²) in [4.78, 5) is 28.4. The van der Waals surface area contributed by atoms with Gasteiger partial charge in [0.05, 0.1) is 12.8 Å². The van der Waals surface area contributed by atoms with Crippen molar-refractivity contribution in [1.82, 2.24) is 20.1 Å². The van der Waals surface area contributed by atoms with E-state index in [2.05, 4.69) is 33.1 Å². The molecule has 0 unspecified atom stereocenters. The molecule has 31 heavy (non-hydrogen) atoms. The van der Waals surface area contributed by atoms with Crippen molar-refractivity contribution < 1.29 is 9.21 Å². The maximum Gasteiger partial charge on any atom is 0.289 e. The Morgan fingerprint density at radius 2 is 1.87 bits per heavy atom. The minimum Gasteiger partial charge on any atom is -0.459 e. The zero-order chi connectivity index (χ0) is 21.5. The van der Waals surface area contributed by atoms with Gasteiger partial charge < -0.3 is 24.4 Å². The molecular weight excluding hydrogens is 392 g/mol. The molecule has 8 heteroatoms. The Bertz CT molecular complexity index is 868. The molecule has 2 aliphatic heterocycles. The van der Waals surface area contributed by atoms with Crippen LogP contribution in [0.1, 0.15) is 42.3 Å². The molecule has 0 radical (unpaired) electrons. The Labute approximate surface area is 183 Å². The van der Waals surface area contributed by atoms with Crippen LogP contribution in [0.5, 0.6) is 0 Å². The van der Waals surface area contributed by atoms with Gasteiger partial charge in [-0.3, -0.25) is 4.79 Å². The van der Waals surface area contributed by atoms with Crippen LogP contribution in [-0.2, 0) is 6.54 Å². The third-order valence-corrected chi connectivity index (χ3v) is 5.83. The summed E-state index contributed by atoms with van der Waals surface area (Å²) in [5.41, 5.74) is 1.16. The normalized spacial score (nSPS) is 17.7. The van der Waals surface area contributed by atoms with E-state index in [-0.39, 0.29) is 5.91 Å². The number of amides is 1. The first-order valence-electron chi connectivity index (χ1n) is 11.3. The number of nitrogens with one attached hydrogen (secondary N) is 1. The van der Waals surface area contributed by atoms with Crippen LogP contribution < -0.4 is 10.2 Å². The number of piperidine rings is 1. The number of hydrogen-bond donors (Lipinski definition) is 1. The van der Waals surface area contributed by atoms with Gasteiger partial charge in [0.25, 0.3) is 5.91 Å². The molecule has 0 aromatic carbocycles. The van der Waals surface area contributed by atoms with Crippen LogP contribution in [0.15, 0.2) is 46.1 Å². The van der Waals surface area contributed by atoms with Crippen molar-refractivity contribution in [1.29, 1.82) is 0 Å². The highest BCUT2D eigenvalue weighted by Crippen LogP contribution is 2.19. The largest absolute Gasteiger partial charge is 0.459 e. The Balaban J connectivity index is 1.37. The molecule has 2 fully saturated rings. The number of carbonyl (C=O) groups excluding carboxylic acids is 1. The standard InChI is InChI=1S/C23H32N6O2/c1-2-24-23(29-14-12-28(13-15-29)22(30)20-7-6-16-31-20)26-18-19-8-9-25-21(17-19)27-10-4-3-5-11-27/h6-9,16-17H,2-5,10-15,18H2,1H3,(H,24,26). The van der Waals surface area contributed by atoms with Gasteiger partial charge in [-0.05, 0) is 56.0 Å². The fourth-order valence-electron chi connectivity index (χ4n) is 4.12. The van der Waals surface area contributed by atoms with Gasteiger partial charge in [-0.1, -0.05) is 0 Å². The van der Waals surface area contributed by atoms with Crippen molar-refractivity contribution in [2.75, 3.05) is 50.7 Å². The summed E-state index contributed by atoms with van der Waals surface area (Å²) in [6.07, 6.45) is 7.22. The van der Waals surface area contributed by atoms with E-state index < -0.39 is 0 Å². The molecule has 0 spiro atoms. The van der Waals surface area contributed by atoms with E-state index in [9.17, 15) is 4.79 Å². The first-order chi connectivity index (χ1) is 15.2. The maximum absolute atomic E-state index is 12.5. The number of carbonyl (C=O) groups is 1. The molecular formula is C23H32N6O2. The molecule has 0 bridgehead atoms. The first-order valence-corrected chi connectivity index (χ1v) is 11.3. The zero-order valence-electron chi connectivity index (χ0n) is 18.3. The van der Waals surface area contributed by atoms with E-state index in [0.717, 1.165) is 50.1 Å². The molecule has 0 saturated carbocycles. The number of guanidine groups is 1. The summed E-state index contributed by atoms with van der Waals surface area (Å²) >= 11 is 0. The average Bonchev–Trinajstić information content (AvgIpc) is 3.37. The van der Waals surface area contributed by atoms with Gasteiger partial charge >= 0.3 is 0 Å². The van der Waals surface area contributed by atoms with E-state index in [1.165, 1.54) is 25.5 Å². The smallest absolute Gasteiger partial charge is 0.289 e. The monoisotopic (exact) mass is 424 g/mol. The third kappa shape index (κ3) is 5.37. The van der Waals surface area contributed by atoms with Gasteiger partial charge in [0.15, 0.2) is 11.7 Å². The van der Waals surface area contributed by atoms with Gasteiger partial charge in [0.2, 0.25) is 0 Å². The summed E-state index contributed by atoms with van der Waals surface area (Å²) in [6.45, 7) is 8.45. The molecule has 1 amide bonds. The number of aromatic nitrogens is 1. The second-order valence-electron chi connectivity index (χ2n) is 8.00. The lowest BCUT2D eigenvalue weighted by Crippen LogP contribution is -2.53.